The molecule has 0 spiro atoms. The zero-order chi connectivity index (χ0) is 19.3. The number of aryl methyl sites for hydroxylation is 1. The second-order valence-electron chi connectivity index (χ2n) is 7.27. The van der Waals surface area contributed by atoms with Crippen molar-refractivity contribution in [3.05, 3.63) is 36.0 Å². The van der Waals surface area contributed by atoms with E-state index in [1.54, 1.807) is 7.11 Å². The van der Waals surface area contributed by atoms with Crippen molar-refractivity contribution >= 4 is 5.69 Å². The van der Waals surface area contributed by atoms with Crippen LogP contribution in [0.2, 0.25) is 0 Å². The molecule has 28 heavy (non-hydrogen) atoms. The van der Waals surface area contributed by atoms with Crippen LogP contribution in [0.3, 0.4) is 0 Å². The number of ether oxygens (including phenoxy) is 3. The van der Waals surface area contributed by atoms with Gasteiger partial charge in [-0.25, -0.2) is 0 Å². The van der Waals surface area contributed by atoms with Crippen molar-refractivity contribution in [2.45, 2.75) is 25.7 Å². The van der Waals surface area contributed by atoms with Crippen molar-refractivity contribution in [3.8, 4) is 28.8 Å². The third-order valence-electron chi connectivity index (χ3n) is 5.40. The summed E-state index contributed by atoms with van der Waals surface area (Å²) in [7, 11) is 1.73. The second kappa shape index (κ2) is 8.49. The fourth-order valence-electron chi connectivity index (χ4n) is 3.81. The molecule has 6 heteroatoms. The van der Waals surface area contributed by atoms with Crippen molar-refractivity contribution in [1.29, 1.82) is 5.26 Å². The maximum atomic E-state index is 9.22. The van der Waals surface area contributed by atoms with Gasteiger partial charge in [-0.3, -0.25) is 4.98 Å². The summed E-state index contributed by atoms with van der Waals surface area (Å²) in [4.78, 5) is 7.19. The summed E-state index contributed by atoms with van der Waals surface area (Å²) in [6.45, 7) is 2.75. The van der Waals surface area contributed by atoms with Crippen LogP contribution >= 0.6 is 0 Å². The highest BCUT2D eigenvalue weighted by Gasteiger charge is 2.23. The van der Waals surface area contributed by atoms with E-state index < -0.39 is 0 Å². The number of fused-ring (bicyclic) bond motifs is 1. The monoisotopic (exact) mass is 379 g/mol. The predicted octanol–water partition coefficient (Wildman–Crippen LogP) is 3.80. The van der Waals surface area contributed by atoms with Crippen molar-refractivity contribution in [2.75, 3.05) is 38.5 Å². The van der Waals surface area contributed by atoms with E-state index in [2.05, 4.69) is 17.0 Å². The first-order valence-electron chi connectivity index (χ1n) is 9.81. The minimum Gasteiger partial charge on any atom is -0.454 e. The Balaban J connectivity index is 1.65. The van der Waals surface area contributed by atoms with Crippen LogP contribution in [0.4, 0.5) is 5.69 Å². The normalized spacial score (nSPS) is 16.2. The van der Waals surface area contributed by atoms with Crippen LogP contribution in [-0.2, 0) is 11.2 Å². The van der Waals surface area contributed by atoms with Crippen molar-refractivity contribution in [1.82, 2.24) is 4.98 Å². The van der Waals surface area contributed by atoms with Crippen LogP contribution in [0.15, 0.2) is 30.5 Å². The number of nitrogens with zero attached hydrogens (tertiary/aromatic N) is 3. The summed E-state index contributed by atoms with van der Waals surface area (Å²) < 4.78 is 16.2. The van der Waals surface area contributed by atoms with Gasteiger partial charge in [0.25, 0.3) is 0 Å². The van der Waals surface area contributed by atoms with Crippen LogP contribution in [0, 0.1) is 17.2 Å². The number of nitriles is 1. The van der Waals surface area contributed by atoms with E-state index in [1.807, 2.05) is 24.4 Å². The Morgan fingerprint density at radius 1 is 1.21 bits per heavy atom. The third kappa shape index (κ3) is 3.90. The molecule has 0 aliphatic carbocycles. The van der Waals surface area contributed by atoms with E-state index in [-0.39, 0.29) is 12.7 Å². The molecule has 4 rings (SSSR count). The number of benzene rings is 1. The summed E-state index contributed by atoms with van der Waals surface area (Å²) in [6.07, 6.45) is 5.65. The molecular formula is C22H25N3O3. The van der Waals surface area contributed by atoms with Crippen molar-refractivity contribution in [2.24, 2.45) is 5.92 Å². The van der Waals surface area contributed by atoms with Crippen molar-refractivity contribution < 1.29 is 14.2 Å². The number of anilines is 1. The number of hydrogen-bond donors (Lipinski definition) is 0. The van der Waals surface area contributed by atoms with E-state index >= 15 is 0 Å². The predicted molar refractivity (Wildman–Crippen MR) is 107 cm³/mol. The summed E-state index contributed by atoms with van der Waals surface area (Å²) in [6, 6.07) is 10.6. The Morgan fingerprint density at radius 3 is 2.82 bits per heavy atom. The highest BCUT2D eigenvalue weighted by Crippen LogP contribution is 2.39. The highest BCUT2D eigenvalue weighted by molar-refractivity contribution is 5.77. The van der Waals surface area contributed by atoms with E-state index in [9.17, 15) is 5.26 Å². The molecule has 0 unspecified atom stereocenters. The number of aromatic nitrogens is 1. The molecule has 146 valence electrons. The first kappa shape index (κ1) is 18.6. The molecule has 1 saturated heterocycles. The lowest BCUT2D eigenvalue weighted by molar-refractivity contribution is 0.174. The van der Waals surface area contributed by atoms with Crippen LogP contribution in [0.25, 0.3) is 11.3 Å². The summed E-state index contributed by atoms with van der Waals surface area (Å²) in [5.41, 5.74) is 4.30. The zero-order valence-electron chi connectivity index (χ0n) is 16.2. The molecule has 0 atom stereocenters. The lowest BCUT2D eigenvalue weighted by atomic mass is 9.97. The van der Waals surface area contributed by atoms with Gasteiger partial charge in [0, 0.05) is 44.5 Å². The number of pyridine rings is 1. The standard InChI is InChI=1S/C22H25N3O3/c1-26-10-2-3-17-11-19(25-8-6-16(13-23)7-9-25)22(24-14-17)18-4-5-20-21(12-18)28-15-27-20/h4-5,11-12,14,16H,2-3,6-10,15H2,1H3. The topological polar surface area (TPSA) is 67.6 Å². The minimum absolute atomic E-state index is 0.156. The van der Waals surface area contributed by atoms with Gasteiger partial charge in [0.1, 0.15) is 0 Å². The average Bonchev–Trinajstić information content (AvgIpc) is 3.22. The summed E-state index contributed by atoms with van der Waals surface area (Å²) >= 11 is 0. The minimum atomic E-state index is 0.156. The van der Waals surface area contributed by atoms with Crippen LogP contribution < -0.4 is 14.4 Å². The van der Waals surface area contributed by atoms with E-state index in [0.29, 0.717) is 0 Å². The smallest absolute Gasteiger partial charge is 0.231 e. The zero-order valence-corrected chi connectivity index (χ0v) is 16.2. The largest absolute Gasteiger partial charge is 0.454 e. The molecule has 0 saturated carbocycles. The summed E-state index contributed by atoms with van der Waals surface area (Å²) in [5.74, 6) is 1.69. The third-order valence-corrected chi connectivity index (χ3v) is 5.40. The Bertz CT molecular complexity index is 870. The molecule has 1 aromatic carbocycles. The van der Waals surface area contributed by atoms with E-state index in [0.717, 1.165) is 73.8 Å². The molecule has 0 radical (unpaired) electrons. The molecule has 0 amide bonds. The van der Waals surface area contributed by atoms with Crippen LogP contribution in [0.1, 0.15) is 24.8 Å². The maximum Gasteiger partial charge on any atom is 0.231 e. The molecule has 0 N–H and O–H groups in total. The number of methoxy groups -OCH3 is 1. The first-order valence-corrected chi connectivity index (χ1v) is 9.81. The maximum absolute atomic E-state index is 9.22. The molecule has 2 aliphatic heterocycles. The Labute approximate surface area is 165 Å². The molecule has 1 fully saturated rings. The fraction of sp³-hybridized carbons (Fsp3) is 0.455. The van der Waals surface area contributed by atoms with Gasteiger partial charge in [0.15, 0.2) is 11.5 Å². The molecule has 6 nitrogen and oxygen atoms in total. The molecular weight excluding hydrogens is 354 g/mol. The Kier molecular flexibility index (Phi) is 5.63. The van der Waals surface area contributed by atoms with Gasteiger partial charge in [-0.2, -0.15) is 5.26 Å². The van der Waals surface area contributed by atoms with Gasteiger partial charge in [-0.05, 0) is 55.5 Å². The van der Waals surface area contributed by atoms with Gasteiger partial charge >= 0.3 is 0 Å². The SMILES string of the molecule is COCCCc1cnc(-c2ccc3c(c2)OCO3)c(N2CCC(C#N)CC2)c1. The highest BCUT2D eigenvalue weighted by atomic mass is 16.7. The molecule has 2 aromatic rings. The number of hydrogen-bond acceptors (Lipinski definition) is 6. The summed E-state index contributed by atoms with van der Waals surface area (Å²) in [5, 5.41) is 9.22. The quantitative estimate of drug-likeness (QED) is 0.711. The lowest BCUT2D eigenvalue weighted by Gasteiger charge is -2.32. The van der Waals surface area contributed by atoms with Gasteiger partial charge in [0.2, 0.25) is 6.79 Å². The Morgan fingerprint density at radius 2 is 2.04 bits per heavy atom. The van der Waals surface area contributed by atoms with Gasteiger partial charge in [-0.1, -0.05) is 0 Å². The van der Waals surface area contributed by atoms with Gasteiger partial charge in [-0.15, -0.1) is 0 Å². The van der Waals surface area contributed by atoms with Gasteiger partial charge < -0.3 is 19.1 Å². The number of piperidine rings is 1. The molecule has 1 aromatic heterocycles. The first-order chi connectivity index (χ1) is 13.8. The molecule has 0 bridgehead atoms. The number of rotatable bonds is 6. The molecule has 2 aliphatic rings. The Hall–Kier alpha value is -2.78. The van der Waals surface area contributed by atoms with Crippen LogP contribution in [0.5, 0.6) is 11.5 Å². The van der Waals surface area contributed by atoms with E-state index in [4.69, 9.17) is 19.2 Å². The lowest BCUT2D eigenvalue weighted by Crippen LogP contribution is -2.33. The average molecular weight is 379 g/mol. The van der Waals surface area contributed by atoms with Gasteiger partial charge in [0.05, 0.1) is 17.5 Å². The van der Waals surface area contributed by atoms with E-state index in [1.165, 1.54) is 5.56 Å². The molecule has 3 heterocycles. The fourth-order valence-corrected chi connectivity index (χ4v) is 3.81. The van der Waals surface area contributed by atoms with Crippen molar-refractivity contribution in [3.63, 3.8) is 0 Å². The van der Waals surface area contributed by atoms with Crippen LogP contribution in [-0.4, -0.2) is 38.6 Å². The second-order valence-corrected chi connectivity index (χ2v) is 7.27.